The van der Waals surface area contributed by atoms with Gasteiger partial charge in [-0.15, -0.1) is 0 Å². The zero-order valence-corrected chi connectivity index (χ0v) is 12.6. The third-order valence-corrected chi connectivity index (χ3v) is 3.68. The van der Waals surface area contributed by atoms with E-state index in [4.69, 9.17) is 28.5 Å². The molecule has 0 saturated heterocycles. The molecule has 0 aliphatic carbocycles. The van der Waals surface area contributed by atoms with Crippen molar-refractivity contribution in [2.45, 2.75) is 13.0 Å². The molecule has 5 heteroatoms. The lowest BCUT2D eigenvalue weighted by Crippen LogP contribution is -2.24. The molecule has 106 valence electrons. The monoisotopic (exact) mass is 318 g/mol. The molecule has 1 N–H and O–H groups in total. The quantitative estimate of drug-likeness (QED) is 0.934. The number of carbonyl (C=O) groups is 1. The summed E-state index contributed by atoms with van der Waals surface area (Å²) in [5.41, 5.74) is 2.14. The number of carbonyl (C=O) groups excluding carboxylic acids is 1. The molecule has 0 bridgehead atoms. The number of hydrogen-bond acceptors (Lipinski definition) is 2. The lowest BCUT2D eigenvalue weighted by molar-refractivity contribution is -0.120. The fraction of sp³-hybridized carbons (Fsp3) is 0.125. The summed E-state index contributed by atoms with van der Waals surface area (Å²) in [7, 11) is 0. The van der Waals surface area contributed by atoms with Crippen LogP contribution in [0, 0.1) is 11.3 Å². The lowest BCUT2D eigenvalue weighted by atomic mass is 10.1. The van der Waals surface area contributed by atoms with Crippen molar-refractivity contribution in [3.63, 3.8) is 0 Å². The highest BCUT2D eigenvalue weighted by Gasteiger charge is 2.10. The summed E-state index contributed by atoms with van der Waals surface area (Å²) in [6, 6.07) is 14.2. The van der Waals surface area contributed by atoms with E-state index in [0.29, 0.717) is 27.7 Å². The van der Waals surface area contributed by atoms with Gasteiger partial charge in [0.1, 0.15) is 0 Å². The predicted molar refractivity (Wildman–Crippen MR) is 83.2 cm³/mol. The van der Waals surface area contributed by atoms with Gasteiger partial charge >= 0.3 is 0 Å². The topological polar surface area (TPSA) is 52.9 Å². The molecule has 2 aromatic carbocycles. The summed E-state index contributed by atoms with van der Waals surface area (Å²) < 4.78 is 0. The van der Waals surface area contributed by atoms with Gasteiger partial charge in [-0.3, -0.25) is 4.79 Å². The Morgan fingerprint density at radius 1 is 1.10 bits per heavy atom. The van der Waals surface area contributed by atoms with E-state index in [2.05, 4.69) is 5.32 Å². The molecule has 0 fully saturated rings. The second-order valence-corrected chi connectivity index (χ2v) is 5.28. The molecule has 0 atom stereocenters. The molecule has 0 heterocycles. The smallest absolute Gasteiger partial charge is 0.224 e. The van der Waals surface area contributed by atoms with Crippen molar-refractivity contribution in [3.8, 4) is 6.07 Å². The molecule has 0 aliphatic rings. The molecule has 21 heavy (non-hydrogen) atoms. The fourth-order valence-corrected chi connectivity index (χ4v) is 2.35. The van der Waals surface area contributed by atoms with E-state index in [9.17, 15) is 4.79 Å². The van der Waals surface area contributed by atoms with Crippen LogP contribution in [0.2, 0.25) is 10.0 Å². The van der Waals surface area contributed by atoms with Crippen molar-refractivity contribution in [1.29, 1.82) is 5.26 Å². The minimum atomic E-state index is -0.158. The Morgan fingerprint density at radius 3 is 2.29 bits per heavy atom. The first kappa shape index (κ1) is 15.4. The van der Waals surface area contributed by atoms with Crippen LogP contribution in [0.25, 0.3) is 0 Å². The first-order valence-electron chi connectivity index (χ1n) is 6.29. The maximum absolute atomic E-state index is 11.9. The zero-order chi connectivity index (χ0) is 15.2. The average molecular weight is 319 g/mol. The molecule has 0 spiro atoms. The molecule has 0 unspecified atom stereocenters. The van der Waals surface area contributed by atoms with Gasteiger partial charge in [0.25, 0.3) is 0 Å². The second-order valence-electron chi connectivity index (χ2n) is 4.46. The van der Waals surface area contributed by atoms with E-state index in [0.717, 1.165) is 5.56 Å². The van der Waals surface area contributed by atoms with E-state index in [-0.39, 0.29) is 12.3 Å². The van der Waals surface area contributed by atoms with Crippen LogP contribution in [0.15, 0.2) is 42.5 Å². The minimum absolute atomic E-state index is 0.134. The van der Waals surface area contributed by atoms with Crippen molar-refractivity contribution in [2.75, 3.05) is 0 Å². The maximum atomic E-state index is 11.9. The van der Waals surface area contributed by atoms with Gasteiger partial charge in [-0.25, -0.2) is 0 Å². The summed E-state index contributed by atoms with van der Waals surface area (Å²) in [6.07, 6.45) is 0.134. The third kappa shape index (κ3) is 4.22. The average Bonchev–Trinajstić information content (AvgIpc) is 2.49. The number of hydrogen-bond donors (Lipinski definition) is 1. The Bertz CT molecular complexity index is 670. The number of nitrogens with one attached hydrogen (secondary N) is 1. The zero-order valence-electron chi connectivity index (χ0n) is 11.1. The minimum Gasteiger partial charge on any atom is -0.352 e. The van der Waals surface area contributed by atoms with Gasteiger partial charge in [-0.05, 0) is 35.4 Å². The second kappa shape index (κ2) is 7.12. The SMILES string of the molecule is N#Cc1ccc(CNC(=O)Cc2c(Cl)cccc2Cl)cc1. The van der Waals surface area contributed by atoms with Gasteiger partial charge in [-0.2, -0.15) is 5.26 Å². The molecule has 2 rings (SSSR count). The maximum Gasteiger partial charge on any atom is 0.224 e. The summed E-state index contributed by atoms with van der Waals surface area (Å²) in [5, 5.41) is 12.5. The normalized spacial score (nSPS) is 9.95. The Kier molecular flexibility index (Phi) is 5.21. The fourth-order valence-electron chi connectivity index (χ4n) is 1.82. The molecular formula is C16H12Cl2N2O. The van der Waals surface area contributed by atoms with E-state index in [1.165, 1.54) is 0 Å². The highest BCUT2D eigenvalue weighted by Crippen LogP contribution is 2.24. The molecule has 2 aromatic rings. The van der Waals surface area contributed by atoms with Crippen LogP contribution in [0.3, 0.4) is 0 Å². The van der Waals surface area contributed by atoms with E-state index < -0.39 is 0 Å². The first-order valence-corrected chi connectivity index (χ1v) is 7.04. The Balaban J connectivity index is 1.94. The Hall–Kier alpha value is -2.02. The third-order valence-electron chi connectivity index (χ3n) is 2.97. The summed E-state index contributed by atoms with van der Waals surface area (Å²) in [4.78, 5) is 11.9. The summed E-state index contributed by atoms with van der Waals surface area (Å²) >= 11 is 12.1. The molecule has 1 amide bonds. The van der Waals surface area contributed by atoms with Crippen molar-refractivity contribution in [2.24, 2.45) is 0 Å². The van der Waals surface area contributed by atoms with Crippen molar-refractivity contribution >= 4 is 29.1 Å². The Labute approximate surface area is 133 Å². The van der Waals surface area contributed by atoms with Crippen LogP contribution in [0.4, 0.5) is 0 Å². The number of halogens is 2. The van der Waals surface area contributed by atoms with E-state index in [1.807, 2.05) is 6.07 Å². The summed E-state index contributed by atoms with van der Waals surface area (Å²) in [6.45, 7) is 0.395. The predicted octanol–water partition coefficient (Wildman–Crippen LogP) is 3.72. The highest BCUT2D eigenvalue weighted by molar-refractivity contribution is 6.36. The number of nitriles is 1. The van der Waals surface area contributed by atoms with Crippen LogP contribution >= 0.6 is 23.2 Å². The molecule has 0 aromatic heterocycles. The molecular weight excluding hydrogens is 307 g/mol. The standard InChI is InChI=1S/C16H12Cl2N2O/c17-14-2-1-3-15(18)13(14)8-16(21)20-10-12-6-4-11(9-19)5-7-12/h1-7H,8,10H2,(H,20,21). The van der Waals surface area contributed by atoms with Crippen LogP contribution in [-0.2, 0) is 17.8 Å². The van der Waals surface area contributed by atoms with Crippen molar-refractivity contribution in [1.82, 2.24) is 5.32 Å². The first-order chi connectivity index (χ1) is 10.1. The van der Waals surface area contributed by atoms with Gasteiger partial charge in [-0.1, -0.05) is 41.4 Å². The number of amides is 1. The Morgan fingerprint density at radius 2 is 1.71 bits per heavy atom. The van der Waals surface area contributed by atoms with Crippen LogP contribution in [0.5, 0.6) is 0 Å². The molecule has 3 nitrogen and oxygen atoms in total. The van der Waals surface area contributed by atoms with Gasteiger partial charge in [0.15, 0.2) is 0 Å². The number of rotatable bonds is 4. The van der Waals surface area contributed by atoms with Gasteiger partial charge in [0.2, 0.25) is 5.91 Å². The lowest BCUT2D eigenvalue weighted by Gasteiger charge is -2.08. The number of benzene rings is 2. The van der Waals surface area contributed by atoms with Gasteiger partial charge in [0.05, 0.1) is 18.1 Å². The van der Waals surface area contributed by atoms with E-state index >= 15 is 0 Å². The molecule has 0 radical (unpaired) electrons. The van der Waals surface area contributed by atoms with Crippen molar-refractivity contribution < 1.29 is 4.79 Å². The number of nitrogens with zero attached hydrogens (tertiary/aromatic N) is 1. The highest BCUT2D eigenvalue weighted by atomic mass is 35.5. The van der Waals surface area contributed by atoms with E-state index in [1.54, 1.807) is 42.5 Å². The largest absolute Gasteiger partial charge is 0.352 e. The van der Waals surface area contributed by atoms with Gasteiger partial charge in [0, 0.05) is 16.6 Å². The van der Waals surface area contributed by atoms with Crippen LogP contribution in [0.1, 0.15) is 16.7 Å². The molecule has 0 aliphatic heterocycles. The van der Waals surface area contributed by atoms with Crippen molar-refractivity contribution in [3.05, 3.63) is 69.2 Å². The van der Waals surface area contributed by atoms with Crippen LogP contribution in [-0.4, -0.2) is 5.91 Å². The summed E-state index contributed by atoms with van der Waals surface area (Å²) in [5.74, 6) is -0.158. The van der Waals surface area contributed by atoms with Crippen LogP contribution < -0.4 is 5.32 Å². The molecule has 0 saturated carbocycles. The van der Waals surface area contributed by atoms with Gasteiger partial charge < -0.3 is 5.32 Å².